The molecule has 0 bridgehead atoms. The van der Waals surface area contributed by atoms with E-state index in [0.29, 0.717) is 0 Å². The zero-order valence-corrected chi connectivity index (χ0v) is 26.9. The van der Waals surface area contributed by atoms with Crippen LogP contribution < -0.4 is 0 Å². The van der Waals surface area contributed by atoms with Crippen LogP contribution in [-0.4, -0.2) is 9.38 Å². The van der Waals surface area contributed by atoms with Crippen molar-refractivity contribution in [2.75, 3.05) is 0 Å². The Hall–Kier alpha value is -6.45. The summed E-state index contributed by atoms with van der Waals surface area (Å²) in [6, 6.07) is 58.3. The van der Waals surface area contributed by atoms with Crippen molar-refractivity contribution in [3.8, 4) is 44.8 Å². The van der Waals surface area contributed by atoms with Gasteiger partial charge < -0.3 is 4.42 Å². The lowest BCUT2D eigenvalue weighted by Crippen LogP contribution is -1.95. The Kier molecular flexibility index (Phi) is 6.09. The molecule has 3 heterocycles. The molecule has 0 amide bonds. The second-order valence-electron chi connectivity index (χ2n) is 12.8. The summed E-state index contributed by atoms with van der Waals surface area (Å²) in [5.74, 6) is 0. The highest BCUT2D eigenvalue weighted by Gasteiger charge is 2.21. The first-order chi connectivity index (χ1) is 24.2. The van der Waals surface area contributed by atoms with E-state index in [1.165, 1.54) is 10.8 Å². The van der Waals surface area contributed by atoms with Gasteiger partial charge in [-0.25, -0.2) is 4.98 Å². The molecule has 0 atom stereocenters. The highest BCUT2D eigenvalue weighted by atomic mass is 16.3. The fraction of sp³-hybridized carbons (Fsp3) is 0.0217. The van der Waals surface area contributed by atoms with Crippen LogP contribution in [0.4, 0.5) is 0 Å². The van der Waals surface area contributed by atoms with Gasteiger partial charge in [0.2, 0.25) is 0 Å². The molecule has 0 saturated heterocycles. The van der Waals surface area contributed by atoms with Crippen LogP contribution in [0, 0.1) is 6.92 Å². The van der Waals surface area contributed by atoms with Crippen LogP contribution in [0.15, 0.2) is 168 Å². The maximum atomic E-state index is 6.53. The van der Waals surface area contributed by atoms with Gasteiger partial charge in [-0.05, 0) is 52.8 Å². The van der Waals surface area contributed by atoms with Crippen molar-refractivity contribution in [1.29, 1.82) is 0 Å². The van der Waals surface area contributed by atoms with Crippen molar-refractivity contribution in [2.24, 2.45) is 0 Å². The minimum absolute atomic E-state index is 0.929. The first-order valence-corrected chi connectivity index (χ1v) is 16.7. The molecule has 0 unspecified atom stereocenters. The molecule has 0 radical (unpaired) electrons. The fourth-order valence-corrected chi connectivity index (χ4v) is 7.59. The number of imidazole rings is 1. The lowest BCUT2D eigenvalue weighted by molar-refractivity contribution is 0.667. The highest BCUT2D eigenvalue weighted by Crippen LogP contribution is 2.41. The number of pyridine rings is 1. The average molecular weight is 627 g/mol. The van der Waals surface area contributed by atoms with E-state index in [2.05, 4.69) is 175 Å². The molecule has 3 nitrogen and oxygen atoms in total. The van der Waals surface area contributed by atoms with Gasteiger partial charge >= 0.3 is 0 Å². The summed E-state index contributed by atoms with van der Waals surface area (Å²) in [4.78, 5) is 5.36. The maximum Gasteiger partial charge on any atom is 0.146 e. The monoisotopic (exact) mass is 626 g/mol. The van der Waals surface area contributed by atoms with Gasteiger partial charge in [-0.2, -0.15) is 0 Å². The smallest absolute Gasteiger partial charge is 0.146 e. The largest absolute Gasteiger partial charge is 0.455 e. The van der Waals surface area contributed by atoms with Crippen molar-refractivity contribution in [3.05, 3.63) is 169 Å². The molecule has 3 heteroatoms. The number of furan rings is 1. The lowest BCUT2D eigenvalue weighted by atomic mass is 9.96. The molecule has 7 aromatic carbocycles. The molecule has 0 aliphatic heterocycles. The number of fused-ring (bicyclic) bond motifs is 9. The standard InChI is InChI=1S/C46H30N2O/c1-29-13-10-23-37-38-24-12-22-35(45(38)49-44(29)37)34-19-11-18-32(27-34)33-25-26-41-40(28-33)36-20-8-9-21-39(36)46-47-42(30-14-4-2-5-15-30)43(48(41)46)31-16-6-3-7-17-31/h2-28H,1H3. The van der Waals surface area contributed by atoms with Crippen LogP contribution in [0.3, 0.4) is 0 Å². The highest BCUT2D eigenvalue weighted by molar-refractivity contribution is 6.14. The summed E-state index contributed by atoms with van der Waals surface area (Å²) in [6.45, 7) is 2.11. The molecule has 0 aliphatic carbocycles. The maximum absolute atomic E-state index is 6.53. The fourth-order valence-electron chi connectivity index (χ4n) is 7.59. The lowest BCUT2D eigenvalue weighted by Gasteiger charge is -2.13. The molecule has 10 rings (SSSR count). The quantitative estimate of drug-likeness (QED) is 0.182. The average Bonchev–Trinajstić information content (AvgIpc) is 3.76. The predicted molar refractivity (Wildman–Crippen MR) is 204 cm³/mol. The third-order valence-corrected chi connectivity index (χ3v) is 9.90. The van der Waals surface area contributed by atoms with E-state index in [1.54, 1.807) is 0 Å². The van der Waals surface area contributed by atoms with E-state index in [-0.39, 0.29) is 0 Å². The van der Waals surface area contributed by atoms with Gasteiger partial charge in [0, 0.05) is 38.2 Å². The van der Waals surface area contributed by atoms with Gasteiger partial charge in [-0.15, -0.1) is 0 Å². The molecular weight excluding hydrogens is 597 g/mol. The number of aryl methyl sites for hydroxylation is 1. The Morgan fingerprint density at radius 3 is 1.88 bits per heavy atom. The van der Waals surface area contributed by atoms with E-state index in [9.17, 15) is 0 Å². The molecule has 0 aliphatic rings. The molecule has 0 N–H and O–H groups in total. The number of rotatable bonds is 4. The van der Waals surface area contributed by atoms with E-state index in [1.807, 2.05) is 0 Å². The molecule has 0 fully saturated rings. The Labute approximate surface area is 283 Å². The van der Waals surface area contributed by atoms with Gasteiger partial charge in [0.1, 0.15) is 16.8 Å². The zero-order valence-electron chi connectivity index (χ0n) is 26.9. The molecule has 10 aromatic rings. The van der Waals surface area contributed by atoms with Crippen LogP contribution >= 0.6 is 0 Å². The number of aromatic nitrogens is 2. The van der Waals surface area contributed by atoms with E-state index in [4.69, 9.17) is 9.40 Å². The van der Waals surface area contributed by atoms with Gasteiger partial charge in [-0.3, -0.25) is 4.40 Å². The Morgan fingerprint density at radius 2 is 1.06 bits per heavy atom. The number of hydrogen-bond donors (Lipinski definition) is 0. The second-order valence-corrected chi connectivity index (χ2v) is 12.8. The third-order valence-electron chi connectivity index (χ3n) is 9.90. The molecule has 230 valence electrons. The summed E-state index contributed by atoms with van der Waals surface area (Å²) in [7, 11) is 0. The third kappa shape index (κ3) is 4.26. The summed E-state index contributed by atoms with van der Waals surface area (Å²) in [5, 5.41) is 5.81. The minimum Gasteiger partial charge on any atom is -0.455 e. The van der Waals surface area contributed by atoms with Crippen LogP contribution in [-0.2, 0) is 0 Å². The molecule has 3 aromatic heterocycles. The van der Waals surface area contributed by atoms with Crippen LogP contribution in [0.1, 0.15) is 5.56 Å². The summed E-state index contributed by atoms with van der Waals surface area (Å²) >= 11 is 0. The van der Waals surface area contributed by atoms with Crippen LogP contribution in [0.2, 0.25) is 0 Å². The summed E-state index contributed by atoms with van der Waals surface area (Å²) in [5.41, 5.74) is 14.0. The van der Waals surface area contributed by atoms with E-state index >= 15 is 0 Å². The second kappa shape index (κ2) is 10.8. The number of benzene rings is 7. The topological polar surface area (TPSA) is 30.4 Å². The molecular formula is C46H30N2O. The molecule has 0 spiro atoms. The number of para-hydroxylation sites is 2. The Balaban J connectivity index is 1.21. The van der Waals surface area contributed by atoms with Crippen molar-refractivity contribution in [1.82, 2.24) is 9.38 Å². The van der Waals surface area contributed by atoms with Crippen molar-refractivity contribution in [2.45, 2.75) is 6.92 Å². The first kappa shape index (κ1) is 27.6. The van der Waals surface area contributed by atoms with Gasteiger partial charge in [0.15, 0.2) is 0 Å². The predicted octanol–water partition coefficient (Wildman–Crippen LogP) is 12.5. The Bertz CT molecular complexity index is 2880. The van der Waals surface area contributed by atoms with Gasteiger partial charge in [-0.1, -0.05) is 146 Å². The van der Waals surface area contributed by atoms with Crippen molar-refractivity contribution < 1.29 is 4.42 Å². The Morgan fingerprint density at radius 1 is 0.449 bits per heavy atom. The normalized spacial score (nSPS) is 11.8. The summed E-state index contributed by atoms with van der Waals surface area (Å²) < 4.78 is 8.89. The SMILES string of the molecule is Cc1cccc2c1oc1c(-c3cccc(-c4ccc5c(c4)c4ccccc4c4nc(-c6ccccc6)c(-c6ccccc6)n54)c3)cccc12. The van der Waals surface area contributed by atoms with Gasteiger partial charge in [0.25, 0.3) is 0 Å². The number of hydrogen-bond acceptors (Lipinski definition) is 2. The van der Waals surface area contributed by atoms with Gasteiger partial charge in [0.05, 0.1) is 16.9 Å². The van der Waals surface area contributed by atoms with Crippen LogP contribution in [0.5, 0.6) is 0 Å². The first-order valence-electron chi connectivity index (χ1n) is 16.7. The van der Waals surface area contributed by atoms with Crippen molar-refractivity contribution >= 4 is 49.3 Å². The van der Waals surface area contributed by atoms with E-state index in [0.717, 1.165) is 88.8 Å². The van der Waals surface area contributed by atoms with Crippen LogP contribution in [0.25, 0.3) is 94.0 Å². The summed E-state index contributed by atoms with van der Waals surface area (Å²) in [6.07, 6.45) is 0. The number of nitrogens with zero attached hydrogens (tertiary/aromatic N) is 2. The van der Waals surface area contributed by atoms with Crippen molar-refractivity contribution in [3.63, 3.8) is 0 Å². The minimum atomic E-state index is 0.929. The van der Waals surface area contributed by atoms with E-state index < -0.39 is 0 Å². The molecule has 49 heavy (non-hydrogen) atoms. The zero-order chi connectivity index (χ0) is 32.5. The molecule has 0 saturated carbocycles.